The van der Waals surface area contributed by atoms with Crippen molar-refractivity contribution in [1.82, 2.24) is 4.31 Å². The Morgan fingerprint density at radius 3 is 2.50 bits per heavy atom. The Bertz CT molecular complexity index is 453. The summed E-state index contributed by atoms with van der Waals surface area (Å²) in [4.78, 5) is 0. The number of alkyl halides is 2. The number of halogens is 3. The van der Waals surface area contributed by atoms with Gasteiger partial charge >= 0.3 is 0 Å². The number of aryl methyl sites for hydroxylation is 1. The van der Waals surface area contributed by atoms with E-state index in [9.17, 15) is 17.2 Å². The van der Waals surface area contributed by atoms with Crippen LogP contribution in [0.1, 0.15) is 5.56 Å². The molecule has 1 aromatic heterocycles. The van der Waals surface area contributed by atoms with Crippen LogP contribution < -0.4 is 0 Å². The molecule has 0 aromatic carbocycles. The minimum absolute atomic E-state index is 0.0695. The van der Waals surface area contributed by atoms with E-state index in [2.05, 4.69) is 15.9 Å². The maximum absolute atomic E-state index is 12.1. The SMILES string of the molecule is Cc1cc(S(=O)(=O)N(C)CC(F)F)sc1Br. The highest BCUT2D eigenvalue weighted by Crippen LogP contribution is 2.31. The second-order valence-electron chi connectivity index (χ2n) is 3.20. The predicted octanol–water partition coefficient (Wildman–Crippen LogP) is 2.70. The van der Waals surface area contributed by atoms with Crippen LogP contribution in [0.3, 0.4) is 0 Å². The summed E-state index contributed by atoms with van der Waals surface area (Å²) in [6.45, 7) is 0.948. The number of sulfonamides is 1. The highest BCUT2D eigenvalue weighted by Gasteiger charge is 2.25. The van der Waals surface area contributed by atoms with Crippen LogP contribution in [-0.2, 0) is 10.0 Å². The lowest BCUT2D eigenvalue weighted by atomic mass is 10.4. The lowest BCUT2D eigenvalue weighted by molar-refractivity contribution is 0.126. The summed E-state index contributed by atoms with van der Waals surface area (Å²) in [5.74, 6) is 0. The number of nitrogens with zero attached hydrogens (tertiary/aromatic N) is 1. The molecule has 0 bridgehead atoms. The molecule has 0 N–H and O–H groups in total. The monoisotopic (exact) mass is 333 g/mol. The maximum atomic E-state index is 12.1. The fraction of sp³-hybridized carbons (Fsp3) is 0.500. The van der Waals surface area contributed by atoms with Crippen molar-refractivity contribution in [2.75, 3.05) is 13.6 Å². The topological polar surface area (TPSA) is 37.4 Å². The van der Waals surface area contributed by atoms with Crippen molar-refractivity contribution >= 4 is 37.3 Å². The van der Waals surface area contributed by atoms with Crippen LogP contribution >= 0.6 is 27.3 Å². The van der Waals surface area contributed by atoms with E-state index in [1.807, 2.05) is 0 Å². The molecule has 0 aliphatic carbocycles. The second kappa shape index (κ2) is 5.07. The molecule has 0 radical (unpaired) electrons. The molecular weight excluding hydrogens is 324 g/mol. The molecule has 1 heterocycles. The van der Waals surface area contributed by atoms with Gasteiger partial charge in [0, 0.05) is 7.05 Å². The average molecular weight is 334 g/mol. The zero-order valence-corrected chi connectivity index (χ0v) is 11.8. The first kappa shape index (κ1) is 14.0. The Morgan fingerprint density at radius 1 is 1.56 bits per heavy atom. The molecule has 0 spiro atoms. The molecule has 1 rings (SSSR count). The summed E-state index contributed by atoms with van der Waals surface area (Å²) < 4.78 is 49.3. The third-order valence-corrected chi connectivity index (χ3v) is 6.30. The largest absolute Gasteiger partial charge is 0.252 e. The van der Waals surface area contributed by atoms with E-state index < -0.39 is 23.0 Å². The van der Waals surface area contributed by atoms with Gasteiger partial charge in [-0.05, 0) is 34.5 Å². The van der Waals surface area contributed by atoms with Gasteiger partial charge in [-0.3, -0.25) is 0 Å². The fourth-order valence-corrected chi connectivity index (χ4v) is 4.59. The van der Waals surface area contributed by atoms with E-state index in [4.69, 9.17) is 0 Å². The molecule has 3 nitrogen and oxygen atoms in total. The molecule has 0 atom stereocenters. The van der Waals surface area contributed by atoms with E-state index in [1.165, 1.54) is 6.07 Å². The van der Waals surface area contributed by atoms with Crippen molar-refractivity contribution in [3.63, 3.8) is 0 Å². The molecule has 0 fully saturated rings. The number of hydrogen-bond acceptors (Lipinski definition) is 3. The first-order valence-corrected chi connectivity index (χ1v) is 7.30. The summed E-state index contributed by atoms with van der Waals surface area (Å²) in [5, 5.41) is 0. The molecule has 0 amide bonds. The van der Waals surface area contributed by atoms with Gasteiger partial charge in [0.2, 0.25) is 0 Å². The van der Waals surface area contributed by atoms with E-state index in [-0.39, 0.29) is 4.21 Å². The Kier molecular flexibility index (Phi) is 4.44. The van der Waals surface area contributed by atoms with E-state index in [0.717, 1.165) is 23.9 Å². The van der Waals surface area contributed by atoms with Crippen LogP contribution in [-0.4, -0.2) is 32.7 Å². The summed E-state index contributed by atoms with van der Waals surface area (Å²) in [6.07, 6.45) is -2.68. The standard InChI is InChI=1S/C8H10BrF2NO2S2/c1-5-3-7(15-8(5)9)16(13,14)12(2)4-6(10)11/h3,6H,4H2,1-2H3. The van der Waals surface area contributed by atoms with Gasteiger partial charge < -0.3 is 0 Å². The summed E-state index contributed by atoms with van der Waals surface area (Å²) in [7, 11) is -2.65. The molecule has 92 valence electrons. The van der Waals surface area contributed by atoms with Gasteiger partial charge in [0.05, 0.1) is 10.3 Å². The zero-order chi connectivity index (χ0) is 12.5. The Balaban J connectivity index is 3.02. The first-order valence-electron chi connectivity index (χ1n) is 4.25. The van der Waals surface area contributed by atoms with Crippen molar-refractivity contribution in [3.8, 4) is 0 Å². The van der Waals surface area contributed by atoms with Gasteiger partial charge in [-0.15, -0.1) is 11.3 Å². The number of thiophene rings is 1. The van der Waals surface area contributed by atoms with Crippen LogP contribution in [0.2, 0.25) is 0 Å². The highest BCUT2D eigenvalue weighted by atomic mass is 79.9. The third kappa shape index (κ3) is 2.99. The van der Waals surface area contributed by atoms with Crippen LogP contribution in [0, 0.1) is 6.92 Å². The van der Waals surface area contributed by atoms with Crippen molar-refractivity contribution in [3.05, 3.63) is 15.4 Å². The van der Waals surface area contributed by atoms with E-state index in [0.29, 0.717) is 8.09 Å². The van der Waals surface area contributed by atoms with Crippen LogP contribution in [0.4, 0.5) is 8.78 Å². The van der Waals surface area contributed by atoms with Crippen molar-refractivity contribution in [1.29, 1.82) is 0 Å². The van der Waals surface area contributed by atoms with E-state index in [1.54, 1.807) is 6.92 Å². The molecular formula is C8H10BrF2NO2S2. The summed E-state index contributed by atoms with van der Waals surface area (Å²) >= 11 is 4.21. The Hall–Kier alpha value is -0.0500. The molecule has 0 saturated carbocycles. The molecule has 0 aliphatic rings. The molecule has 16 heavy (non-hydrogen) atoms. The van der Waals surface area contributed by atoms with Crippen molar-refractivity contribution in [2.24, 2.45) is 0 Å². The molecule has 0 unspecified atom stereocenters. The van der Waals surface area contributed by atoms with Crippen molar-refractivity contribution in [2.45, 2.75) is 17.6 Å². The first-order chi connectivity index (χ1) is 7.25. The van der Waals surface area contributed by atoms with E-state index >= 15 is 0 Å². The number of rotatable bonds is 4. The predicted molar refractivity (Wildman–Crippen MR) is 62.6 cm³/mol. The molecule has 1 aromatic rings. The van der Waals surface area contributed by atoms with Gasteiger partial charge in [-0.1, -0.05) is 0 Å². The van der Waals surface area contributed by atoms with Crippen molar-refractivity contribution < 1.29 is 17.2 Å². The lowest BCUT2D eigenvalue weighted by Crippen LogP contribution is -2.30. The van der Waals surface area contributed by atoms with Crippen LogP contribution in [0.25, 0.3) is 0 Å². The average Bonchev–Trinajstić information content (AvgIpc) is 2.46. The third-order valence-electron chi connectivity index (χ3n) is 1.89. The quantitative estimate of drug-likeness (QED) is 0.849. The summed E-state index contributed by atoms with van der Waals surface area (Å²) in [6, 6.07) is 1.46. The second-order valence-corrected chi connectivity index (χ2v) is 7.84. The number of hydrogen-bond donors (Lipinski definition) is 0. The molecule has 0 saturated heterocycles. The minimum atomic E-state index is -3.79. The minimum Gasteiger partial charge on any atom is -0.209 e. The fourth-order valence-electron chi connectivity index (χ4n) is 1.00. The van der Waals surface area contributed by atoms with Crippen LogP contribution in [0.5, 0.6) is 0 Å². The zero-order valence-electron chi connectivity index (χ0n) is 8.58. The van der Waals surface area contributed by atoms with Crippen LogP contribution in [0.15, 0.2) is 14.1 Å². The normalized spacial score (nSPS) is 12.7. The Morgan fingerprint density at radius 2 is 2.12 bits per heavy atom. The van der Waals surface area contributed by atoms with Gasteiger partial charge in [0.25, 0.3) is 16.4 Å². The molecule has 8 heteroatoms. The van der Waals surface area contributed by atoms with Gasteiger partial charge in [0.15, 0.2) is 0 Å². The smallest absolute Gasteiger partial charge is 0.209 e. The van der Waals surface area contributed by atoms with Gasteiger partial charge in [-0.25, -0.2) is 17.2 Å². The van der Waals surface area contributed by atoms with Gasteiger partial charge in [0.1, 0.15) is 4.21 Å². The Labute approximate surface area is 105 Å². The lowest BCUT2D eigenvalue weighted by Gasteiger charge is -2.14. The maximum Gasteiger partial charge on any atom is 0.252 e. The molecule has 0 aliphatic heterocycles. The highest BCUT2D eigenvalue weighted by molar-refractivity contribution is 9.11. The van der Waals surface area contributed by atoms with Gasteiger partial charge in [-0.2, -0.15) is 4.31 Å². The summed E-state index contributed by atoms with van der Waals surface area (Å²) in [5.41, 5.74) is 0.772.